The first kappa shape index (κ1) is 20.2. The smallest absolute Gasteiger partial charge is 0.247 e. The first-order valence-electron chi connectivity index (χ1n) is 9.90. The molecule has 0 bridgehead atoms. The Morgan fingerprint density at radius 3 is 2.24 bits per heavy atom. The third-order valence-corrected chi connectivity index (χ3v) is 5.43. The minimum absolute atomic E-state index is 0.00975. The van der Waals surface area contributed by atoms with E-state index in [1.165, 1.54) is 32.1 Å². The van der Waals surface area contributed by atoms with Gasteiger partial charge in [0.2, 0.25) is 11.8 Å². The van der Waals surface area contributed by atoms with E-state index in [4.69, 9.17) is 4.74 Å². The number of rotatable bonds is 7. The summed E-state index contributed by atoms with van der Waals surface area (Å²) in [6, 6.07) is -0.588. The van der Waals surface area contributed by atoms with E-state index < -0.39 is 6.04 Å². The van der Waals surface area contributed by atoms with Gasteiger partial charge in [0, 0.05) is 25.6 Å². The Morgan fingerprint density at radius 1 is 1.12 bits per heavy atom. The highest BCUT2D eigenvalue weighted by atomic mass is 16.5. The van der Waals surface area contributed by atoms with Crippen molar-refractivity contribution in [2.24, 2.45) is 17.3 Å². The highest BCUT2D eigenvalue weighted by Crippen LogP contribution is 2.30. The molecule has 0 aromatic carbocycles. The zero-order valence-electron chi connectivity index (χ0n) is 16.6. The van der Waals surface area contributed by atoms with Crippen molar-refractivity contribution in [2.45, 2.75) is 78.9 Å². The largest absolute Gasteiger partial charge is 0.376 e. The molecule has 1 aliphatic carbocycles. The second-order valence-electron chi connectivity index (χ2n) is 9.04. The molecule has 2 rings (SSSR count). The average Bonchev–Trinajstić information content (AvgIpc) is 2.55. The molecule has 2 atom stereocenters. The number of likely N-dealkylation sites (tertiary alicyclic amines) is 1. The summed E-state index contributed by atoms with van der Waals surface area (Å²) in [5.41, 5.74) is 0.175. The molecule has 0 aromatic rings. The minimum atomic E-state index is -0.588. The van der Waals surface area contributed by atoms with Gasteiger partial charge in [-0.15, -0.1) is 0 Å². The predicted molar refractivity (Wildman–Crippen MR) is 99.1 cm³/mol. The second-order valence-corrected chi connectivity index (χ2v) is 9.04. The summed E-state index contributed by atoms with van der Waals surface area (Å²) in [6.45, 7) is 12.1. The van der Waals surface area contributed by atoms with E-state index in [9.17, 15) is 9.59 Å². The van der Waals surface area contributed by atoms with Gasteiger partial charge in [0.1, 0.15) is 6.04 Å². The Labute approximate surface area is 152 Å². The molecule has 1 saturated heterocycles. The van der Waals surface area contributed by atoms with E-state index in [1.807, 2.05) is 25.7 Å². The monoisotopic (exact) mass is 352 g/mol. The molecule has 2 aliphatic rings. The lowest BCUT2D eigenvalue weighted by molar-refractivity contribution is -0.150. The number of carbonyl (C=O) groups excluding carboxylic acids is 2. The first-order chi connectivity index (χ1) is 11.7. The molecule has 1 saturated carbocycles. The Morgan fingerprint density at radius 2 is 1.72 bits per heavy atom. The van der Waals surface area contributed by atoms with Crippen molar-refractivity contribution in [3.8, 4) is 0 Å². The molecule has 5 nitrogen and oxygen atoms in total. The highest BCUT2D eigenvalue weighted by Gasteiger charge is 2.41. The second kappa shape index (κ2) is 8.52. The van der Waals surface area contributed by atoms with Crippen LogP contribution in [0.4, 0.5) is 0 Å². The van der Waals surface area contributed by atoms with Crippen LogP contribution < -0.4 is 5.32 Å². The maximum absolute atomic E-state index is 12.9. The van der Waals surface area contributed by atoms with Gasteiger partial charge < -0.3 is 15.0 Å². The van der Waals surface area contributed by atoms with Gasteiger partial charge in [-0.2, -0.15) is 0 Å². The molecule has 0 aromatic heterocycles. The van der Waals surface area contributed by atoms with Crippen LogP contribution >= 0.6 is 0 Å². The van der Waals surface area contributed by atoms with Crippen LogP contribution in [0.3, 0.4) is 0 Å². The zero-order chi connectivity index (χ0) is 18.6. The van der Waals surface area contributed by atoms with Gasteiger partial charge >= 0.3 is 0 Å². The summed E-state index contributed by atoms with van der Waals surface area (Å²) in [5, 5.41) is 2.93. The highest BCUT2D eigenvalue weighted by molar-refractivity contribution is 5.89. The fourth-order valence-electron chi connectivity index (χ4n) is 3.78. The van der Waals surface area contributed by atoms with Crippen LogP contribution in [0.15, 0.2) is 0 Å². The van der Waals surface area contributed by atoms with E-state index in [2.05, 4.69) is 19.2 Å². The van der Waals surface area contributed by atoms with Gasteiger partial charge in [0.25, 0.3) is 0 Å². The summed E-state index contributed by atoms with van der Waals surface area (Å²) >= 11 is 0. The van der Waals surface area contributed by atoms with Crippen LogP contribution in [0.5, 0.6) is 0 Å². The van der Waals surface area contributed by atoms with Crippen molar-refractivity contribution < 1.29 is 14.3 Å². The van der Waals surface area contributed by atoms with Crippen LogP contribution in [0.2, 0.25) is 0 Å². The summed E-state index contributed by atoms with van der Waals surface area (Å²) in [7, 11) is 0. The van der Waals surface area contributed by atoms with Gasteiger partial charge in [-0.05, 0) is 31.1 Å². The van der Waals surface area contributed by atoms with Crippen molar-refractivity contribution >= 4 is 11.8 Å². The van der Waals surface area contributed by atoms with Crippen LogP contribution in [0.25, 0.3) is 0 Å². The maximum Gasteiger partial charge on any atom is 0.247 e. The molecule has 5 heteroatoms. The first-order valence-corrected chi connectivity index (χ1v) is 9.90. The fraction of sp³-hybridized carbons (Fsp3) is 0.900. The molecule has 2 amide bonds. The van der Waals surface area contributed by atoms with Crippen molar-refractivity contribution in [2.75, 3.05) is 19.7 Å². The van der Waals surface area contributed by atoms with Gasteiger partial charge in [-0.3, -0.25) is 9.59 Å². The Balaban J connectivity index is 1.94. The third kappa shape index (κ3) is 5.70. The van der Waals surface area contributed by atoms with Gasteiger partial charge in [0.15, 0.2) is 0 Å². The van der Waals surface area contributed by atoms with Crippen molar-refractivity contribution in [3.05, 3.63) is 0 Å². The summed E-state index contributed by atoms with van der Waals surface area (Å²) in [4.78, 5) is 26.9. The minimum Gasteiger partial charge on any atom is -0.376 e. The fourth-order valence-corrected chi connectivity index (χ4v) is 3.78. The quantitative estimate of drug-likeness (QED) is 0.766. The van der Waals surface area contributed by atoms with E-state index in [0.717, 1.165) is 13.1 Å². The topological polar surface area (TPSA) is 58.6 Å². The van der Waals surface area contributed by atoms with Crippen molar-refractivity contribution in [1.82, 2.24) is 10.2 Å². The number of carbonyl (C=O) groups is 2. The van der Waals surface area contributed by atoms with Crippen LogP contribution in [0.1, 0.15) is 66.7 Å². The molecule has 0 radical (unpaired) electrons. The molecule has 1 N–H and O–H groups in total. The molecule has 25 heavy (non-hydrogen) atoms. The predicted octanol–water partition coefficient (Wildman–Crippen LogP) is 2.98. The Hall–Kier alpha value is -1.10. The maximum atomic E-state index is 12.9. The van der Waals surface area contributed by atoms with E-state index in [-0.39, 0.29) is 29.3 Å². The Bertz CT molecular complexity index is 462. The Kier molecular flexibility index (Phi) is 6.89. The number of nitrogens with one attached hydrogen (secondary N) is 1. The van der Waals surface area contributed by atoms with E-state index >= 15 is 0 Å². The van der Waals surface area contributed by atoms with E-state index in [0.29, 0.717) is 12.5 Å². The lowest BCUT2D eigenvalue weighted by Crippen LogP contribution is -2.63. The summed E-state index contributed by atoms with van der Waals surface area (Å²) < 4.78 is 6.05. The number of hydrogen-bond acceptors (Lipinski definition) is 3. The molecule has 1 heterocycles. The lowest BCUT2D eigenvalue weighted by Gasteiger charge is -2.47. The molecule has 2 fully saturated rings. The van der Waals surface area contributed by atoms with Crippen LogP contribution in [-0.2, 0) is 14.3 Å². The van der Waals surface area contributed by atoms with E-state index in [1.54, 1.807) is 0 Å². The van der Waals surface area contributed by atoms with Crippen LogP contribution in [0, 0.1) is 17.3 Å². The number of nitrogens with zero attached hydrogens (tertiary/aromatic N) is 1. The molecule has 1 aliphatic heterocycles. The third-order valence-electron chi connectivity index (χ3n) is 5.43. The normalized spacial score (nSPS) is 23.0. The zero-order valence-corrected chi connectivity index (χ0v) is 16.6. The summed E-state index contributed by atoms with van der Waals surface area (Å²) in [5.74, 6) is 0.347. The van der Waals surface area contributed by atoms with Crippen molar-refractivity contribution in [3.63, 3.8) is 0 Å². The number of ether oxygens (including phenoxy) is 1. The average molecular weight is 353 g/mol. The molecule has 0 spiro atoms. The number of hydrogen-bond donors (Lipinski definition) is 1. The van der Waals surface area contributed by atoms with Crippen LogP contribution in [-0.4, -0.2) is 48.6 Å². The van der Waals surface area contributed by atoms with Gasteiger partial charge in [0.05, 0.1) is 6.10 Å². The van der Waals surface area contributed by atoms with Gasteiger partial charge in [-0.1, -0.05) is 47.0 Å². The van der Waals surface area contributed by atoms with Crippen molar-refractivity contribution in [1.29, 1.82) is 0 Å². The standard InChI is InChI=1S/C20H36N2O3/c1-14(2)18(23)21-17(19(24)22-12-20(4,5)13-22)15(3)25-11-16-9-7-6-8-10-16/h14-17H,6-13H2,1-5H3,(H,21,23). The lowest BCUT2D eigenvalue weighted by atomic mass is 9.83. The SMILES string of the molecule is CC(C)C(=O)NC(C(=O)N1CC(C)(C)C1)C(C)OCC1CCCCC1. The summed E-state index contributed by atoms with van der Waals surface area (Å²) in [6.07, 6.45) is 5.99. The number of amides is 2. The van der Waals surface area contributed by atoms with Gasteiger partial charge in [-0.25, -0.2) is 0 Å². The molecule has 2 unspecified atom stereocenters. The molecule has 144 valence electrons. The molecular weight excluding hydrogens is 316 g/mol. The molecular formula is C20H36N2O3.